The van der Waals surface area contributed by atoms with E-state index in [-0.39, 0.29) is 30.5 Å². The zero-order valence-corrected chi connectivity index (χ0v) is 13.3. The number of nitrogens with zero attached hydrogens (tertiary/aromatic N) is 1. The summed E-state index contributed by atoms with van der Waals surface area (Å²) >= 11 is 0. The van der Waals surface area contributed by atoms with Crippen molar-refractivity contribution >= 4 is 17.5 Å². The first-order valence-electron chi connectivity index (χ1n) is 7.53. The van der Waals surface area contributed by atoms with Crippen LogP contribution in [0.15, 0.2) is 53.5 Å². The Bertz CT molecular complexity index is 753. The lowest BCUT2D eigenvalue weighted by Crippen LogP contribution is -2.28. The van der Waals surface area contributed by atoms with Gasteiger partial charge in [-0.25, -0.2) is 0 Å². The van der Waals surface area contributed by atoms with Gasteiger partial charge < -0.3 is 19.9 Å². The van der Waals surface area contributed by atoms with Crippen molar-refractivity contribution < 1.29 is 14.3 Å². The maximum atomic E-state index is 12.0. The van der Waals surface area contributed by atoms with Crippen LogP contribution in [0.1, 0.15) is 6.92 Å². The molecule has 1 aromatic carbocycles. The average Bonchev–Trinajstić information content (AvgIpc) is 2.57. The van der Waals surface area contributed by atoms with Gasteiger partial charge in [0.25, 0.3) is 11.5 Å². The van der Waals surface area contributed by atoms with Gasteiger partial charge in [0.1, 0.15) is 12.3 Å². The first kappa shape index (κ1) is 17.3. The first-order chi connectivity index (χ1) is 11.6. The number of likely N-dealkylation sites (N-methyl/N-ethyl adjacent to an activating group) is 1. The molecular weight excluding hydrogens is 310 g/mol. The molecule has 0 bridgehead atoms. The summed E-state index contributed by atoms with van der Waals surface area (Å²) in [4.78, 5) is 34.8. The third kappa shape index (κ3) is 5.28. The van der Waals surface area contributed by atoms with Gasteiger partial charge in [-0.15, -0.1) is 0 Å². The van der Waals surface area contributed by atoms with Gasteiger partial charge in [-0.05, 0) is 37.3 Å². The Morgan fingerprint density at radius 3 is 2.50 bits per heavy atom. The number of hydrogen-bond acceptors (Lipinski definition) is 4. The van der Waals surface area contributed by atoms with Crippen LogP contribution in [0.5, 0.6) is 5.75 Å². The molecule has 0 aliphatic heterocycles. The average molecular weight is 329 g/mol. The summed E-state index contributed by atoms with van der Waals surface area (Å²) in [6.07, 6.45) is 1.56. The fraction of sp³-hybridized carbons (Fsp3) is 0.235. The van der Waals surface area contributed by atoms with Gasteiger partial charge in [-0.3, -0.25) is 14.4 Å². The second-order valence-corrected chi connectivity index (χ2v) is 4.98. The number of carbonyl (C=O) groups is 2. The van der Waals surface area contributed by atoms with Crippen LogP contribution in [0.3, 0.4) is 0 Å². The third-order valence-corrected chi connectivity index (χ3v) is 3.09. The molecule has 0 aliphatic carbocycles. The van der Waals surface area contributed by atoms with Crippen LogP contribution < -0.4 is 20.9 Å². The lowest BCUT2D eigenvalue weighted by molar-refractivity contribution is -0.123. The van der Waals surface area contributed by atoms with Gasteiger partial charge in [0.2, 0.25) is 5.91 Å². The Balaban J connectivity index is 1.87. The summed E-state index contributed by atoms with van der Waals surface area (Å²) in [5, 5.41) is 5.33. The van der Waals surface area contributed by atoms with Crippen LogP contribution in [0.4, 0.5) is 5.69 Å². The molecule has 2 aromatic rings. The molecule has 0 unspecified atom stereocenters. The van der Waals surface area contributed by atoms with E-state index in [9.17, 15) is 14.4 Å². The number of anilines is 1. The fourth-order valence-electron chi connectivity index (χ4n) is 1.98. The number of ether oxygens (including phenoxy) is 1. The third-order valence-electron chi connectivity index (χ3n) is 3.09. The van der Waals surface area contributed by atoms with Crippen molar-refractivity contribution in [2.24, 2.45) is 0 Å². The monoisotopic (exact) mass is 329 g/mol. The van der Waals surface area contributed by atoms with E-state index in [0.29, 0.717) is 18.0 Å². The van der Waals surface area contributed by atoms with E-state index in [1.807, 2.05) is 6.92 Å². The molecule has 0 atom stereocenters. The summed E-state index contributed by atoms with van der Waals surface area (Å²) in [7, 11) is 0. The number of benzene rings is 1. The van der Waals surface area contributed by atoms with E-state index in [1.54, 1.807) is 42.6 Å². The predicted octanol–water partition coefficient (Wildman–Crippen LogP) is 1.00. The van der Waals surface area contributed by atoms with Crippen molar-refractivity contribution in [2.45, 2.75) is 13.5 Å². The summed E-state index contributed by atoms with van der Waals surface area (Å²) in [6.45, 7) is 2.27. The van der Waals surface area contributed by atoms with Gasteiger partial charge in [0.15, 0.2) is 6.61 Å². The van der Waals surface area contributed by atoms with Gasteiger partial charge >= 0.3 is 0 Å². The molecule has 2 rings (SSSR count). The van der Waals surface area contributed by atoms with Crippen molar-refractivity contribution in [3.8, 4) is 5.75 Å². The largest absolute Gasteiger partial charge is 0.484 e. The molecule has 0 spiro atoms. The number of carbonyl (C=O) groups excluding carboxylic acids is 2. The predicted molar refractivity (Wildman–Crippen MR) is 90.0 cm³/mol. The molecule has 0 aliphatic rings. The number of rotatable bonds is 7. The van der Waals surface area contributed by atoms with Crippen LogP contribution in [-0.4, -0.2) is 29.5 Å². The highest BCUT2D eigenvalue weighted by atomic mass is 16.5. The number of hydrogen-bond donors (Lipinski definition) is 2. The second-order valence-electron chi connectivity index (χ2n) is 4.98. The van der Waals surface area contributed by atoms with Crippen LogP contribution in [-0.2, 0) is 16.1 Å². The highest BCUT2D eigenvalue weighted by Crippen LogP contribution is 2.15. The maximum Gasteiger partial charge on any atom is 0.257 e. The maximum absolute atomic E-state index is 12.0. The van der Waals surface area contributed by atoms with E-state index in [1.165, 1.54) is 10.6 Å². The summed E-state index contributed by atoms with van der Waals surface area (Å²) in [5.74, 6) is 0.0287. The number of nitrogens with one attached hydrogen (secondary N) is 2. The molecule has 1 aromatic heterocycles. The Hall–Kier alpha value is -3.09. The number of pyridine rings is 1. The van der Waals surface area contributed by atoms with Crippen LogP contribution in [0.25, 0.3) is 0 Å². The molecule has 1 heterocycles. The second kappa shape index (κ2) is 8.52. The Labute approximate surface area is 139 Å². The Kier molecular flexibility index (Phi) is 6.13. The minimum atomic E-state index is -0.306. The molecular formula is C17H19N3O4. The first-order valence-corrected chi connectivity index (χ1v) is 7.53. The van der Waals surface area contributed by atoms with E-state index >= 15 is 0 Å². The smallest absolute Gasteiger partial charge is 0.257 e. The molecule has 0 fully saturated rings. The summed E-state index contributed by atoms with van der Waals surface area (Å²) in [5.41, 5.74) is 0.344. The lowest BCUT2D eigenvalue weighted by Gasteiger charge is -2.09. The van der Waals surface area contributed by atoms with Gasteiger partial charge in [-0.2, -0.15) is 0 Å². The molecule has 2 N–H and O–H groups in total. The fourth-order valence-corrected chi connectivity index (χ4v) is 1.98. The molecule has 2 amide bonds. The number of amides is 2. The van der Waals surface area contributed by atoms with Crippen molar-refractivity contribution in [3.63, 3.8) is 0 Å². The molecule has 0 radical (unpaired) electrons. The minimum Gasteiger partial charge on any atom is -0.484 e. The molecule has 0 saturated carbocycles. The molecule has 7 heteroatoms. The molecule has 0 saturated heterocycles. The van der Waals surface area contributed by atoms with Crippen LogP contribution in [0, 0.1) is 0 Å². The van der Waals surface area contributed by atoms with E-state index in [4.69, 9.17) is 4.74 Å². The molecule has 126 valence electrons. The van der Waals surface area contributed by atoms with E-state index < -0.39 is 0 Å². The highest BCUT2D eigenvalue weighted by Gasteiger charge is 2.05. The van der Waals surface area contributed by atoms with Crippen molar-refractivity contribution in [3.05, 3.63) is 59.0 Å². The molecule has 24 heavy (non-hydrogen) atoms. The van der Waals surface area contributed by atoms with Crippen molar-refractivity contribution in [1.82, 2.24) is 9.88 Å². The van der Waals surface area contributed by atoms with E-state index in [2.05, 4.69) is 10.6 Å². The number of aromatic nitrogens is 1. The van der Waals surface area contributed by atoms with Crippen molar-refractivity contribution in [1.29, 1.82) is 0 Å². The summed E-state index contributed by atoms with van der Waals surface area (Å²) in [6, 6.07) is 11.4. The zero-order valence-electron chi connectivity index (χ0n) is 13.3. The van der Waals surface area contributed by atoms with Gasteiger partial charge in [-0.1, -0.05) is 6.07 Å². The normalized spacial score (nSPS) is 10.0. The van der Waals surface area contributed by atoms with Crippen LogP contribution in [0.2, 0.25) is 0 Å². The standard InChI is InChI=1S/C17H19N3O4/c1-2-18-16(22)12-24-14-8-6-13(7-9-14)19-15(21)11-20-10-4-3-5-17(20)23/h3-10H,2,11-12H2,1H3,(H,18,22)(H,19,21). The highest BCUT2D eigenvalue weighted by molar-refractivity contribution is 5.90. The summed E-state index contributed by atoms with van der Waals surface area (Å²) < 4.78 is 6.64. The van der Waals surface area contributed by atoms with Crippen molar-refractivity contribution in [2.75, 3.05) is 18.5 Å². The van der Waals surface area contributed by atoms with Crippen LogP contribution >= 0.6 is 0 Å². The minimum absolute atomic E-state index is 0.0591. The zero-order chi connectivity index (χ0) is 17.4. The quantitative estimate of drug-likeness (QED) is 0.793. The van der Waals surface area contributed by atoms with E-state index in [0.717, 1.165) is 0 Å². The Morgan fingerprint density at radius 2 is 1.83 bits per heavy atom. The van der Waals surface area contributed by atoms with Gasteiger partial charge in [0.05, 0.1) is 0 Å². The SMILES string of the molecule is CCNC(=O)COc1ccc(NC(=O)Cn2ccccc2=O)cc1. The lowest BCUT2D eigenvalue weighted by atomic mass is 10.3. The molecule has 7 nitrogen and oxygen atoms in total. The topological polar surface area (TPSA) is 89.4 Å². The Morgan fingerprint density at radius 1 is 1.08 bits per heavy atom. The van der Waals surface area contributed by atoms with Gasteiger partial charge in [0, 0.05) is 24.5 Å².